The van der Waals surface area contributed by atoms with Crippen LogP contribution in [0.4, 0.5) is 5.69 Å². The molecule has 0 heterocycles. The number of hydrogen-bond acceptors (Lipinski definition) is 3. The lowest BCUT2D eigenvalue weighted by atomic mass is 10.1. The molecule has 2 rings (SSSR count). The monoisotopic (exact) mass is 349 g/mol. The van der Waals surface area contributed by atoms with E-state index in [1.54, 1.807) is 48.5 Å². The lowest BCUT2D eigenvalue weighted by Gasteiger charge is -2.07. The number of hydrogen-bond donors (Lipinski definition) is 1. The Kier molecular flexibility index (Phi) is 5.79. The van der Waals surface area contributed by atoms with Gasteiger partial charge in [-0.05, 0) is 35.9 Å². The summed E-state index contributed by atoms with van der Waals surface area (Å²) in [6.45, 7) is 0. The Morgan fingerprint density at radius 3 is 2.52 bits per heavy atom. The van der Waals surface area contributed by atoms with Crippen LogP contribution in [0.1, 0.15) is 15.9 Å². The maximum Gasteiger partial charge on any atom is 0.339 e. The van der Waals surface area contributed by atoms with Gasteiger partial charge in [-0.15, -0.1) is 0 Å². The molecule has 0 unspecified atom stereocenters. The van der Waals surface area contributed by atoms with Gasteiger partial charge in [0.2, 0.25) is 5.91 Å². The molecule has 0 saturated carbocycles. The van der Waals surface area contributed by atoms with Gasteiger partial charge in [0.15, 0.2) is 0 Å². The molecular weight excluding hydrogens is 337 g/mol. The van der Waals surface area contributed by atoms with Crippen LogP contribution in [0.2, 0.25) is 10.0 Å². The quantitative estimate of drug-likeness (QED) is 0.656. The topological polar surface area (TPSA) is 55.4 Å². The molecule has 0 aromatic heterocycles. The van der Waals surface area contributed by atoms with Crippen LogP contribution in [0, 0.1) is 0 Å². The van der Waals surface area contributed by atoms with E-state index in [-0.39, 0.29) is 11.5 Å². The number of carbonyl (C=O) groups is 2. The lowest BCUT2D eigenvalue weighted by Crippen LogP contribution is -2.12. The normalized spacial score (nSPS) is 10.6. The Morgan fingerprint density at radius 1 is 1.09 bits per heavy atom. The highest BCUT2D eigenvalue weighted by molar-refractivity contribution is 6.42. The molecule has 1 amide bonds. The van der Waals surface area contributed by atoms with Gasteiger partial charge in [-0.3, -0.25) is 4.79 Å². The number of nitrogens with one attached hydrogen (secondary N) is 1. The molecule has 2 aromatic carbocycles. The summed E-state index contributed by atoms with van der Waals surface area (Å²) in [6, 6.07) is 11.6. The number of halogens is 2. The average Bonchev–Trinajstić information content (AvgIpc) is 2.55. The van der Waals surface area contributed by atoms with Gasteiger partial charge in [-0.25, -0.2) is 4.79 Å². The third-order valence-electron chi connectivity index (χ3n) is 2.96. The Hall–Kier alpha value is -2.30. The van der Waals surface area contributed by atoms with E-state index in [0.717, 1.165) is 5.56 Å². The predicted molar refractivity (Wildman–Crippen MR) is 91.9 cm³/mol. The van der Waals surface area contributed by atoms with Gasteiger partial charge in [0.25, 0.3) is 0 Å². The van der Waals surface area contributed by atoms with Gasteiger partial charge >= 0.3 is 5.97 Å². The van der Waals surface area contributed by atoms with Crippen molar-refractivity contribution in [3.05, 3.63) is 69.7 Å². The Labute approximate surface area is 143 Å². The standard InChI is InChI=1S/C17H13Cl2NO3/c1-23-17(22)12-4-2-3-5-15(12)20-16(21)9-7-11-6-8-13(18)14(19)10-11/h2-10H,1H3,(H,20,21)/b9-7+. The van der Waals surface area contributed by atoms with E-state index in [4.69, 9.17) is 23.2 Å². The number of rotatable bonds is 4. The zero-order valence-electron chi connectivity index (χ0n) is 12.2. The molecule has 0 spiro atoms. The third kappa shape index (κ3) is 4.58. The van der Waals surface area contributed by atoms with Crippen molar-refractivity contribution in [2.75, 3.05) is 12.4 Å². The second-order valence-corrected chi connectivity index (χ2v) is 5.35. The number of para-hydroxylation sites is 1. The minimum Gasteiger partial charge on any atom is -0.465 e. The minimum atomic E-state index is -0.519. The molecule has 4 nitrogen and oxygen atoms in total. The van der Waals surface area contributed by atoms with Crippen LogP contribution in [0.5, 0.6) is 0 Å². The van der Waals surface area contributed by atoms with E-state index in [0.29, 0.717) is 15.7 Å². The molecule has 0 bridgehead atoms. The van der Waals surface area contributed by atoms with Gasteiger partial charge in [0.1, 0.15) is 0 Å². The fourth-order valence-electron chi connectivity index (χ4n) is 1.84. The number of anilines is 1. The summed E-state index contributed by atoms with van der Waals surface area (Å²) in [5.74, 6) is -0.901. The summed E-state index contributed by atoms with van der Waals surface area (Å²) in [5, 5.41) is 3.49. The van der Waals surface area contributed by atoms with Crippen LogP contribution in [0.3, 0.4) is 0 Å². The Balaban J connectivity index is 2.12. The molecule has 6 heteroatoms. The van der Waals surface area contributed by atoms with E-state index in [1.807, 2.05) is 0 Å². The molecule has 0 aliphatic heterocycles. The van der Waals surface area contributed by atoms with Crippen LogP contribution in [0.15, 0.2) is 48.5 Å². The highest BCUT2D eigenvalue weighted by Crippen LogP contribution is 2.23. The summed E-state index contributed by atoms with van der Waals surface area (Å²) in [4.78, 5) is 23.6. The van der Waals surface area contributed by atoms with Crippen molar-refractivity contribution < 1.29 is 14.3 Å². The molecule has 0 aliphatic rings. The third-order valence-corrected chi connectivity index (χ3v) is 3.70. The molecule has 0 radical (unpaired) electrons. The first-order chi connectivity index (χ1) is 11.0. The van der Waals surface area contributed by atoms with Crippen LogP contribution < -0.4 is 5.32 Å². The number of esters is 1. The first-order valence-electron chi connectivity index (χ1n) is 6.62. The van der Waals surface area contributed by atoms with Crippen LogP contribution in [0.25, 0.3) is 6.08 Å². The summed E-state index contributed by atoms with van der Waals surface area (Å²) >= 11 is 11.7. The van der Waals surface area contributed by atoms with Crippen molar-refractivity contribution in [1.29, 1.82) is 0 Å². The van der Waals surface area contributed by atoms with E-state index in [2.05, 4.69) is 10.1 Å². The van der Waals surface area contributed by atoms with Gasteiger partial charge < -0.3 is 10.1 Å². The fourth-order valence-corrected chi connectivity index (χ4v) is 2.15. The van der Waals surface area contributed by atoms with Gasteiger partial charge in [-0.1, -0.05) is 41.4 Å². The zero-order valence-corrected chi connectivity index (χ0v) is 13.7. The first-order valence-corrected chi connectivity index (χ1v) is 7.38. The van der Waals surface area contributed by atoms with E-state index >= 15 is 0 Å². The second kappa shape index (κ2) is 7.81. The zero-order chi connectivity index (χ0) is 16.8. The van der Waals surface area contributed by atoms with Crippen LogP contribution in [-0.4, -0.2) is 19.0 Å². The number of amides is 1. The van der Waals surface area contributed by atoms with Crippen molar-refractivity contribution in [1.82, 2.24) is 0 Å². The second-order valence-electron chi connectivity index (χ2n) is 4.53. The van der Waals surface area contributed by atoms with Crippen molar-refractivity contribution in [3.8, 4) is 0 Å². The number of benzene rings is 2. The summed E-state index contributed by atoms with van der Waals surface area (Å²) in [7, 11) is 1.28. The minimum absolute atomic E-state index is 0.284. The number of ether oxygens (including phenoxy) is 1. The van der Waals surface area contributed by atoms with Crippen molar-refractivity contribution in [2.24, 2.45) is 0 Å². The molecule has 2 aromatic rings. The molecule has 23 heavy (non-hydrogen) atoms. The summed E-state index contributed by atoms with van der Waals surface area (Å²) < 4.78 is 4.68. The maximum absolute atomic E-state index is 12.0. The van der Waals surface area contributed by atoms with Crippen molar-refractivity contribution in [3.63, 3.8) is 0 Å². The first kappa shape index (κ1) is 17.1. The maximum atomic E-state index is 12.0. The molecule has 1 N–H and O–H groups in total. The van der Waals surface area contributed by atoms with Crippen molar-refractivity contribution >= 4 is 46.8 Å². The lowest BCUT2D eigenvalue weighted by molar-refractivity contribution is -0.111. The molecule has 0 fully saturated rings. The van der Waals surface area contributed by atoms with Crippen LogP contribution in [-0.2, 0) is 9.53 Å². The van der Waals surface area contributed by atoms with E-state index in [9.17, 15) is 9.59 Å². The molecule has 118 valence electrons. The number of methoxy groups -OCH3 is 1. The molecule has 0 saturated heterocycles. The van der Waals surface area contributed by atoms with Crippen molar-refractivity contribution in [2.45, 2.75) is 0 Å². The smallest absolute Gasteiger partial charge is 0.339 e. The molecular formula is C17H13Cl2NO3. The molecule has 0 atom stereocenters. The summed E-state index contributed by atoms with van der Waals surface area (Å²) in [6.07, 6.45) is 2.94. The Bertz CT molecular complexity index is 772. The largest absolute Gasteiger partial charge is 0.465 e. The summed E-state index contributed by atoms with van der Waals surface area (Å²) in [5.41, 5.74) is 1.39. The van der Waals surface area contributed by atoms with Crippen LogP contribution >= 0.6 is 23.2 Å². The SMILES string of the molecule is COC(=O)c1ccccc1NC(=O)/C=C/c1ccc(Cl)c(Cl)c1. The van der Waals surface area contributed by atoms with E-state index < -0.39 is 5.97 Å². The highest BCUT2D eigenvalue weighted by Gasteiger charge is 2.11. The number of carbonyl (C=O) groups excluding carboxylic acids is 2. The van der Waals surface area contributed by atoms with Gasteiger partial charge in [0.05, 0.1) is 28.4 Å². The van der Waals surface area contributed by atoms with Gasteiger partial charge in [0, 0.05) is 6.08 Å². The van der Waals surface area contributed by atoms with Gasteiger partial charge in [-0.2, -0.15) is 0 Å². The average molecular weight is 350 g/mol. The van der Waals surface area contributed by atoms with E-state index in [1.165, 1.54) is 13.2 Å². The fraction of sp³-hybridized carbons (Fsp3) is 0.0588. The Morgan fingerprint density at radius 2 is 1.83 bits per heavy atom. The predicted octanol–water partition coefficient (Wildman–Crippen LogP) is 4.43. The molecule has 0 aliphatic carbocycles. The highest BCUT2D eigenvalue weighted by atomic mass is 35.5.